The normalized spacial score (nSPS) is 12.2. The molecule has 1 aromatic rings. The fraction of sp³-hybridized carbons (Fsp3) is 0.500. The van der Waals surface area contributed by atoms with Gasteiger partial charge in [0.15, 0.2) is 0 Å². The number of ether oxygens (including phenoxy) is 1. The summed E-state index contributed by atoms with van der Waals surface area (Å²) in [4.78, 5) is 0. The number of nitrogens with two attached hydrogens (primary N) is 1. The third-order valence-electron chi connectivity index (χ3n) is 3.01. The molecule has 2 nitrogen and oxygen atoms in total. The highest BCUT2D eigenvalue weighted by atomic mass is 16.5. The van der Waals surface area contributed by atoms with Crippen LogP contribution in [0.15, 0.2) is 29.8 Å². The largest absolute Gasteiger partial charge is 0.380 e. The van der Waals surface area contributed by atoms with Gasteiger partial charge in [-0.2, -0.15) is 0 Å². The van der Waals surface area contributed by atoms with E-state index in [0.29, 0.717) is 12.5 Å². The van der Waals surface area contributed by atoms with Crippen LogP contribution in [-0.4, -0.2) is 20.3 Å². The van der Waals surface area contributed by atoms with Crippen molar-refractivity contribution >= 4 is 6.08 Å². The molecule has 0 fully saturated rings. The molecule has 0 heterocycles. The van der Waals surface area contributed by atoms with Crippen molar-refractivity contribution in [1.82, 2.24) is 0 Å². The molecular formula is C16H25NO. The lowest BCUT2D eigenvalue weighted by Gasteiger charge is -2.08. The molecule has 0 amide bonds. The van der Waals surface area contributed by atoms with Crippen LogP contribution in [0.25, 0.3) is 6.08 Å². The molecule has 0 aliphatic carbocycles. The molecule has 0 spiro atoms. The highest BCUT2D eigenvalue weighted by Gasteiger charge is 2.00. The summed E-state index contributed by atoms with van der Waals surface area (Å²) in [5, 5.41) is 0. The molecule has 0 aromatic heterocycles. The van der Waals surface area contributed by atoms with E-state index in [-0.39, 0.29) is 0 Å². The van der Waals surface area contributed by atoms with Crippen molar-refractivity contribution in [2.24, 2.45) is 5.73 Å². The Hall–Kier alpha value is -1.12. The van der Waals surface area contributed by atoms with Crippen LogP contribution >= 0.6 is 0 Å². The zero-order chi connectivity index (χ0) is 13.4. The van der Waals surface area contributed by atoms with Crippen LogP contribution in [0.2, 0.25) is 0 Å². The number of hydrogen-bond donors (Lipinski definition) is 1. The topological polar surface area (TPSA) is 35.2 Å². The van der Waals surface area contributed by atoms with Gasteiger partial charge in [0.2, 0.25) is 0 Å². The van der Waals surface area contributed by atoms with Crippen molar-refractivity contribution in [1.29, 1.82) is 0 Å². The van der Waals surface area contributed by atoms with Gasteiger partial charge in [0.1, 0.15) is 0 Å². The van der Waals surface area contributed by atoms with Gasteiger partial charge in [0, 0.05) is 7.11 Å². The maximum Gasteiger partial charge on any atom is 0.0676 e. The summed E-state index contributed by atoms with van der Waals surface area (Å²) in [6.45, 7) is 5.84. The van der Waals surface area contributed by atoms with Crippen LogP contribution in [0, 0.1) is 0 Å². The van der Waals surface area contributed by atoms with Gasteiger partial charge in [-0.1, -0.05) is 44.2 Å². The molecule has 18 heavy (non-hydrogen) atoms. The Labute approximate surface area is 111 Å². The molecule has 0 saturated heterocycles. The van der Waals surface area contributed by atoms with E-state index in [1.807, 2.05) is 0 Å². The van der Waals surface area contributed by atoms with E-state index in [1.165, 1.54) is 16.7 Å². The first-order valence-electron chi connectivity index (χ1n) is 6.65. The van der Waals surface area contributed by atoms with Crippen molar-refractivity contribution in [3.63, 3.8) is 0 Å². The summed E-state index contributed by atoms with van der Waals surface area (Å²) in [6.07, 6.45) is 4.23. The van der Waals surface area contributed by atoms with E-state index >= 15 is 0 Å². The second-order valence-electron chi connectivity index (χ2n) is 4.95. The SMILES string of the molecule is COC/C(=C/c1ccc(C(C)C)cc1)CCCN. The number of methoxy groups -OCH3 is 1. The van der Waals surface area contributed by atoms with Gasteiger partial charge < -0.3 is 10.5 Å². The minimum Gasteiger partial charge on any atom is -0.380 e. The van der Waals surface area contributed by atoms with Crippen molar-refractivity contribution in [3.05, 3.63) is 41.0 Å². The van der Waals surface area contributed by atoms with Crippen LogP contribution in [0.3, 0.4) is 0 Å². The molecule has 2 N–H and O–H groups in total. The average molecular weight is 247 g/mol. The van der Waals surface area contributed by atoms with E-state index in [9.17, 15) is 0 Å². The van der Waals surface area contributed by atoms with Crippen LogP contribution in [0.5, 0.6) is 0 Å². The monoisotopic (exact) mass is 247 g/mol. The Kier molecular flexibility index (Phi) is 6.69. The summed E-state index contributed by atoms with van der Waals surface area (Å²) in [5.41, 5.74) is 9.47. The Balaban J connectivity index is 2.76. The maximum absolute atomic E-state index is 5.55. The lowest BCUT2D eigenvalue weighted by molar-refractivity contribution is 0.223. The Morgan fingerprint density at radius 1 is 1.28 bits per heavy atom. The molecule has 0 aliphatic heterocycles. The number of rotatable bonds is 7. The first-order valence-corrected chi connectivity index (χ1v) is 6.65. The van der Waals surface area contributed by atoms with Gasteiger partial charge >= 0.3 is 0 Å². The van der Waals surface area contributed by atoms with Crippen LogP contribution in [0.1, 0.15) is 43.7 Å². The van der Waals surface area contributed by atoms with Gasteiger partial charge in [-0.15, -0.1) is 0 Å². The molecule has 0 saturated carbocycles. The minimum absolute atomic E-state index is 0.582. The van der Waals surface area contributed by atoms with E-state index < -0.39 is 0 Å². The fourth-order valence-corrected chi connectivity index (χ4v) is 1.91. The highest BCUT2D eigenvalue weighted by molar-refractivity contribution is 5.53. The van der Waals surface area contributed by atoms with E-state index in [1.54, 1.807) is 7.11 Å². The molecule has 1 aromatic carbocycles. The van der Waals surface area contributed by atoms with Gasteiger partial charge in [-0.25, -0.2) is 0 Å². The fourth-order valence-electron chi connectivity index (χ4n) is 1.91. The van der Waals surface area contributed by atoms with Crippen LogP contribution in [-0.2, 0) is 4.74 Å². The maximum atomic E-state index is 5.55. The molecule has 0 bridgehead atoms. The van der Waals surface area contributed by atoms with Gasteiger partial charge in [-0.05, 0) is 42.0 Å². The average Bonchev–Trinajstić information content (AvgIpc) is 2.37. The second-order valence-corrected chi connectivity index (χ2v) is 4.95. The molecule has 0 radical (unpaired) electrons. The van der Waals surface area contributed by atoms with E-state index in [4.69, 9.17) is 10.5 Å². The predicted molar refractivity (Wildman–Crippen MR) is 78.7 cm³/mol. The third-order valence-corrected chi connectivity index (χ3v) is 3.01. The molecule has 0 aliphatic rings. The van der Waals surface area contributed by atoms with E-state index in [0.717, 1.165) is 19.4 Å². The van der Waals surface area contributed by atoms with Crippen molar-refractivity contribution in [2.45, 2.75) is 32.6 Å². The van der Waals surface area contributed by atoms with E-state index in [2.05, 4.69) is 44.2 Å². The lowest BCUT2D eigenvalue weighted by Crippen LogP contribution is -2.01. The summed E-state index contributed by atoms with van der Waals surface area (Å²) in [6, 6.07) is 8.74. The smallest absolute Gasteiger partial charge is 0.0676 e. The number of hydrogen-bond acceptors (Lipinski definition) is 2. The lowest BCUT2D eigenvalue weighted by atomic mass is 10.0. The predicted octanol–water partition coefficient (Wildman–Crippen LogP) is 3.58. The molecular weight excluding hydrogens is 222 g/mol. The molecule has 0 atom stereocenters. The third kappa shape index (κ3) is 5.03. The summed E-state index contributed by atoms with van der Waals surface area (Å²) >= 11 is 0. The van der Waals surface area contributed by atoms with Crippen LogP contribution < -0.4 is 5.73 Å². The quantitative estimate of drug-likeness (QED) is 0.799. The first kappa shape index (κ1) is 14.9. The highest BCUT2D eigenvalue weighted by Crippen LogP contribution is 2.17. The van der Waals surface area contributed by atoms with Crippen LogP contribution in [0.4, 0.5) is 0 Å². The Morgan fingerprint density at radius 2 is 1.94 bits per heavy atom. The van der Waals surface area contributed by atoms with Gasteiger partial charge in [0.05, 0.1) is 6.61 Å². The molecule has 0 unspecified atom stereocenters. The van der Waals surface area contributed by atoms with Crippen molar-refractivity contribution < 1.29 is 4.74 Å². The first-order chi connectivity index (χ1) is 8.67. The molecule has 2 heteroatoms. The van der Waals surface area contributed by atoms with Crippen molar-refractivity contribution in [2.75, 3.05) is 20.3 Å². The Bertz CT molecular complexity index is 365. The summed E-state index contributed by atoms with van der Waals surface area (Å²) in [5.74, 6) is 0.582. The minimum atomic E-state index is 0.582. The standard InChI is InChI=1S/C16H25NO/c1-13(2)16-8-6-14(7-9-16)11-15(12-18-3)5-4-10-17/h6-9,11,13H,4-5,10,12,17H2,1-3H3/b15-11+. The zero-order valence-corrected chi connectivity index (χ0v) is 11.8. The van der Waals surface area contributed by atoms with Gasteiger partial charge in [0.25, 0.3) is 0 Å². The number of benzene rings is 1. The summed E-state index contributed by atoms with van der Waals surface area (Å²) in [7, 11) is 1.73. The van der Waals surface area contributed by atoms with Gasteiger partial charge in [-0.3, -0.25) is 0 Å². The molecule has 100 valence electrons. The zero-order valence-electron chi connectivity index (χ0n) is 11.8. The Morgan fingerprint density at radius 3 is 2.44 bits per heavy atom. The second kappa shape index (κ2) is 8.06. The molecule has 1 rings (SSSR count). The van der Waals surface area contributed by atoms with Crippen molar-refractivity contribution in [3.8, 4) is 0 Å². The summed E-state index contributed by atoms with van der Waals surface area (Å²) < 4.78 is 5.23.